The fourth-order valence-corrected chi connectivity index (χ4v) is 4.56. The first-order chi connectivity index (χ1) is 9.84. The number of piperidine rings is 1. The third-order valence-electron chi connectivity index (χ3n) is 3.39. The molecule has 0 aromatic heterocycles. The van der Waals surface area contributed by atoms with Crippen LogP contribution in [0.4, 0.5) is 0 Å². The minimum absolute atomic E-state index is 0.0408. The molecule has 1 fully saturated rings. The van der Waals surface area contributed by atoms with Crippen molar-refractivity contribution in [2.24, 2.45) is 16.8 Å². The lowest BCUT2D eigenvalue weighted by Gasteiger charge is -2.31. The maximum atomic E-state index is 12.6. The van der Waals surface area contributed by atoms with Crippen LogP contribution in [-0.2, 0) is 10.0 Å². The largest absolute Gasteiger partial charge is 0.409 e. The van der Waals surface area contributed by atoms with Crippen molar-refractivity contribution in [2.45, 2.75) is 17.7 Å². The Morgan fingerprint density at radius 3 is 2.52 bits per heavy atom. The Morgan fingerprint density at radius 1 is 1.33 bits per heavy atom. The van der Waals surface area contributed by atoms with Crippen molar-refractivity contribution in [1.29, 1.82) is 0 Å². The Labute approximate surface area is 133 Å². The van der Waals surface area contributed by atoms with Crippen LogP contribution >= 0.6 is 23.2 Å². The van der Waals surface area contributed by atoms with Gasteiger partial charge in [0.15, 0.2) is 0 Å². The van der Waals surface area contributed by atoms with Gasteiger partial charge >= 0.3 is 0 Å². The van der Waals surface area contributed by atoms with E-state index >= 15 is 0 Å². The molecule has 0 aliphatic carbocycles. The molecule has 21 heavy (non-hydrogen) atoms. The predicted octanol–water partition coefficient (Wildman–Crippen LogP) is 2.14. The molecule has 2 rings (SSSR count). The lowest BCUT2D eigenvalue weighted by atomic mass is 9.99. The standard InChI is InChI=1S/C12H15Cl2N3O3S/c13-9-4-10(14)6-11(5-9)21(19,20)17-3-1-2-8(7-17)12(15)16-18/h4-6,8,18H,1-3,7H2,(H2,15,16). The summed E-state index contributed by atoms with van der Waals surface area (Å²) in [5.41, 5.74) is 5.58. The van der Waals surface area contributed by atoms with Crippen molar-refractivity contribution in [3.8, 4) is 0 Å². The van der Waals surface area contributed by atoms with Gasteiger partial charge in [-0.3, -0.25) is 0 Å². The van der Waals surface area contributed by atoms with E-state index in [1.807, 2.05) is 0 Å². The molecule has 1 aromatic carbocycles. The van der Waals surface area contributed by atoms with Gasteiger partial charge in [-0.1, -0.05) is 28.4 Å². The molecule has 0 spiro atoms. The van der Waals surface area contributed by atoms with Gasteiger partial charge < -0.3 is 10.9 Å². The van der Waals surface area contributed by atoms with Crippen molar-refractivity contribution in [3.63, 3.8) is 0 Å². The van der Waals surface area contributed by atoms with E-state index in [2.05, 4.69) is 5.16 Å². The van der Waals surface area contributed by atoms with Gasteiger partial charge in [0.05, 0.1) is 4.90 Å². The molecule has 1 atom stereocenters. The van der Waals surface area contributed by atoms with Gasteiger partial charge in [0.1, 0.15) is 5.84 Å². The summed E-state index contributed by atoms with van der Waals surface area (Å²) in [6.45, 7) is 0.546. The highest BCUT2D eigenvalue weighted by Crippen LogP contribution is 2.28. The summed E-state index contributed by atoms with van der Waals surface area (Å²) in [5, 5.41) is 12.2. The molecule has 1 aliphatic rings. The normalized spacial score (nSPS) is 21.4. The third-order valence-corrected chi connectivity index (χ3v) is 5.67. The van der Waals surface area contributed by atoms with Gasteiger partial charge in [-0.05, 0) is 31.0 Å². The molecule has 1 aromatic rings. The summed E-state index contributed by atoms with van der Waals surface area (Å²) in [7, 11) is -3.71. The third kappa shape index (κ3) is 3.60. The Balaban J connectivity index is 2.30. The summed E-state index contributed by atoms with van der Waals surface area (Å²) in [4.78, 5) is 0.0418. The topological polar surface area (TPSA) is 96.0 Å². The number of oxime groups is 1. The number of nitrogens with zero attached hydrogens (tertiary/aromatic N) is 2. The molecule has 0 radical (unpaired) electrons. The summed E-state index contributed by atoms with van der Waals surface area (Å²) in [5.74, 6) is -0.257. The number of amidine groups is 1. The quantitative estimate of drug-likeness (QED) is 0.377. The second-order valence-electron chi connectivity index (χ2n) is 4.83. The molecular formula is C12H15Cl2N3O3S. The zero-order valence-electron chi connectivity index (χ0n) is 11.0. The van der Waals surface area contributed by atoms with Gasteiger partial charge in [0, 0.05) is 29.1 Å². The highest BCUT2D eigenvalue weighted by Gasteiger charge is 2.32. The van der Waals surface area contributed by atoms with Gasteiger partial charge in [0.25, 0.3) is 0 Å². The predicted molar refractivity (Wildman–Crippen MR) is 81.4 cm³/mol. The average Bonchev–Trinajstić information content (AvgIpc) is 2.45. The first-order valence-electron chi connectivity index (χ1n) is 6.28. The summed E-state index contributed by atoms with van der Waals surface area (Å²) >= 11 is 11.7. The van der Waals surface area contributed by atoms with E-state index in [0.29, 0.717) is 19.4 Å². The number of sulfonamides is 1. The van der Waals surface area contributed by atoms with Crippen LogP contribution in [0, 0.1) is 5.92 Å². The lowest BCUT2D eigenvalue weighted by molar-refractivity contribution is 0.287. The number of rotatable bonds is 3. The van der Waals surface area contributed by atoms with E-state index in [4.69, 9.17) is 34.1 Å². The molecular weight excluding hydrogens is 337 g/mol. The van der Waals surface area contributed by atoms with Crippen LogP contribution in [0.5, 0.6) is 0 Å². The molecule has 0 bridgehead atoms. The molecule has 1 unspecified atom stereocenters. The molecule has 116 valence electrons. The number of halogens is 2. The summed E-state index contributed by atoms with van der Waals surface area (Å²) in [6.07, 6.45) is 1.31. The highest BCUT2D eigenvalue weighted by molar-refractivity contribution is 7.89. The van der Waals surface area contributed by atoms with E-state index in [0.717, 1.165) is 0 Å². The molecule has 0 saturated carbocycles. The lowest BCUT2D eigenvalue weighted by Crippen LogP contribution is -2.44. The van der Waals surface area contributed by atoms with E-state index in [9.17, 15) is 8.42 Å². The average molecular weight is 352 g/mol. The van der Waals surface area contributed by atoms with E-state index in [1.165, 1.54) is 22.5 Å². The maximum absolute atomic E-state index is 12.6. The van der Waals surface area contributed by atoms with Crippen LogP contribution in [0.3, 0.4) is 0 Å². The van der Waals surface area contributed by atoms with Gasteiger partial charge in [0.2, 0.25) is 10.0 Å². The van der Waals surface area contributed by atoms with Crippen molar-refractivity contribution in [1.82, 2.24) is 4.31 Å². The monoisotopic (exact) mass is 351 g/mol. The number of hydrogen-bond acceptors (Lipinski definition) is 4. The first-order valence-corrected chi connectivity index (χ1v) is 8.48. The van der Waals surface area contributed by atoms with Crippen LogP contribution < -0.4 is 5.73 Å². The second-order valence-corrected chi connectivity index (χ2v) is 7.64. The van der Waals surface area contributed by atoms with Crippen LogP contribution in [0.25, 0.3) is 0 Å². The van der Waals surface area contributed by atoms with Gasteiger partial charge in [-0.2, -0.15) is 4.31 Å². The summed E-state index contributed by atoms with van der Waals surface area (Å²) < 4.78 is 26.5. The molecule has 3 N–H and O–H groups in total. The van der Waals surface area contributed by atoms with E-state index in [-0.39, 0.29) is 33.2 Å². The molecule has 0 amide bonds. The SMILES string of the molecule is NC(=NO)C1CCCN(S(=O)(=O)c2cc(Cl)cc(Cl)c2)C1. The molecule has 9 heteroatoms. The number of hydrogen-bond donors (Lipinski definition) is 2. The fraction of sp³-hybridized carbons (Fsp3) is 0.417. The van der Waals surface area contributed by atoms with Crippen molar-refractivity contribution >= 4 is 39.1 Å². The van der Waals surface area contributed by atoms with E-state index in [1.54, 1.807) is 0 Å². The summed E-state index contributed by atoms with van der Waals surface area (Å²) in [6, 6.07) is 4.18. The number of benzene rings is 1. The molecule has 1 aliphatic heterocycles. The van der Waals surface area contributed by atoms with Gasteiger partial charge in [-0.15, -0.1) is 0 Å². The smallest absolute Gasteiger partial charge is 0.243 e. The Bertz CT molecular complexity index is 643. The zero-order valence-corrected chi connectivity index (χ0v) is 13.4. The van der Waals surface area contributed by atoms with Crippen molar-refractivity contribution in [2.75, 3.05) is 13.1 Å². The molecule has 1 heterocycles. The molecule has 1 saturated heterocycles. The first kappa shape index (κ1) is 16.4. The Morgan fingerprint density at radius 2 is 1.95 bits per heavy atom. The van der Waals surface area contributed by atoms with Crippen LogP contribution in [0.1, 0.15) is 12.8 Å². The van der Waals surface area contributed by atoms with Gasteiger partial charge in [-0.25, -0.2) is 8.42 Å². The highest BCUT2D eigenvalue weighted by atomic mass is 35.5. The van der Waals surface area contributed by atoms with Crippen molar-refractivity contribution < 1.29 is 13.6 Å². The number of nitrogens with two attached hydrogens (primary N) is 1. The fourth-order valence-electron chi connectivity index (χ4n) is 2.31. The second kappa shape index (κ2) is 6.39. The minimum Gasteiger partial charge on any atom is -0.409 e. The van der Waals surface area contributed by atoms with Crippen molar-refractivity contribution in [3.05, 3.63) is 28.2 Å². The molecule has 6 nitrogen and oxygen atoms in total. The van der Waals surface area contributed by atoms with Crippen LogP contribution in [0.15, 0.2) is 28.3 Å². The Hall–Kier alpha value is -1.02. The van der Waals surface area contributed by atoms with Crippen LogP contribution in [-0.4, -0.2) is 36.9 Å². The zero-order chi connectivity index (χ0) is 15.6. The van der Waals surface area contributed by atoms with Crippen LogP contribution in [0.2, 0.25) is 10.0 Å². The Kier molecular flexibility index (Phi) is 4.98. The van der Waals surface area contributed by atoms with E-state index < -0.39 is 10.0 Å². The minimum atomic E-state index is -3.71. The maximum Gasteiger partial charge on any atom is 0.243 e.